The van der Waals surface area contributed by atoms with Gasteiger partial charge in [0, 0.05) is 13.0 Å². The second kappa shape index (κ2) is 9.95. The first-order valence-electron chi connectivity index (χ1n) is 9.85. The van der Waals surface area contributed by atoms with Crippen LogP contribution >= 0.6 is 0 Å². The molecule has 1 fully saturated rings. The van der Waals surface area contributed by atoms with E-state index in [1.54, 1.807) is 13.3 Å². The van der Waals surface area contributed by atoms with Crippen molar-refractivity contribution in [3.8, 4) is 5.75 Å². The average Bonchev–Trinajstić information content (AvgIpc) is 2.70. The molecule has 5 nitrogen and oxygen atoms in total. The fourth-order valence-corrected chi connectivity index (χ4v) is 3.56. The first-order valence-corrected chi connectivity index (χ1v) is 9.85. The topological polar surface area (TPSA) is 63.2 Å². The quantitative estimate of drug-likeness (QED) is 0.713. The predicted molar refractivity (Wildman–Crippen MR) is 109 cm³/mol. The van der Waals surface area contributed by atoms with E-state index in [9.17, 15) is 4.79 Å². The Kier molecular flexibility index (Phi) is 7.08. The van der Waals surface area contributed by atoms with Crippen LogP contribution in [-0.2, 0) is 11.2 Å². The standard InChI is InChI=1S/C22H29N3O2/c1-27-20-10-7-17(8-11-20)13-14-23-21-12-9-19(16-24-21)25-22(26)15-18-5-3-2-4-6-18/h7-12,16,18H,2-6,13-15H2,1H3,(H,23,24)(H,25,26). The lowest BCUT2D eigenvalue weighted by molar-refractivity contribution is -0.117. The van der Waals surface area contributed by atoms with E-state index in [-0.39, 0.29) is 5.91 Å². The maximum atomic E-state index is 12.2. The molecule has 0 atom stereocenters. The SMILES string of the molecule is COc1ccc(CCNc2ccc(NC(=O)CC3CCCCC3)cn2)cc1. The van der Waals surface area contributed by atoms with E-state index in [2.05, 4.69) is 27.8 Å². The molecule has 2 N–H and O–H groups in total. The molecule has 1 aromatic heterocycles. The summed E-state index contributed by atoms with van der Waals surface area (Å²) in [5.74, 6) is 2.33. The second-order valence-electron chi connectivity index (χ2n) is 7.21. The molecule has 2 aromatic rings. The molecule has 0 aliphatic heterocycles. The lowest BCUT2D eigenvalue weighted by Crippen LogP contribution is -2.18. The summed E-state index contributed by atoms with van der Waals surface area (Å²) in [7, 11) is 1.67. The summed E-state index contributed by atoms with van der Waals surface area (Å²) in [6, 6.07) is 11.9. The van der Waals surface area contributed by atoms with Gasteiger partial charge in [-0.05, 0) is 55.0 Å². The Morgan fingerprint density at radius 1 is 1.11 bits per heavy atom. The van der Waals surface area contributed by atoms with Gasteiger partial charge in [-0.2, -0.15) is 0 Å². The molecule has 1 aliphatic rings. The van der Waals surface area contributed by atoms with Gasteiger partial charge >= 0.3 is 0 Å². The highest BCUT2D eigenvalue weighted by atomic mass is 16.5. The second-order valence-corrected chi connectivity index (χ2v) is 7.21. The molecule has 3 rings (SSSR count). The largest absolute Gasteiger partial charge is 0.497 e. The smallest absolute Gasteiger partial charge is 0.224 e. The molecule has 27 heavy (non-hydrogen) atoms. The van der Waals surface area contributed by atoms with Gasteiger partial charge in [0.15, 0.2) is 0 Å². The summed E-state index contributed by atoms with van der Waals surface area (Å²) in [6.45, 7) is 0.798. The van der Waals surface area contributed by atoms with Gasteiger partial charge in [0.1, 0.15) is 11.6 Å². The van der Waals surface area contributed by atoms with E-state index in [0.29, 0.717) is 12.3 Å². The Hall–Kier alpha value is -2.56. The molecule has 0 bridgehead atoms. The number of methoxy groups -OCH3 is 1. The molecule has 1 aliphatic carbocycles. The van der Waals surface area contributed by atoms with Crippen LogP contribution in [0, 0.1) is 5.92 Å². The van der Waals surface area contributed by atoms with Crippen LogP contribution in [0.4, 0.5) is 11.5 Å². The molecule has 1 heterocycles. The van der Waals surface area contributed by atoms with E-state index in [0.717, 1.165) is 30.2 Å². The summed E-state index contributed by atoms with van der Waals surface area (Å²) in [4.78, 5) is 16.6. The van der Waals surface area contributed by atoms with Crippen molar-refractivity contribution >= 4 is 17.4 Å². The maximum absolute atomic E-state index is 12.2. The van der Waals surface area contributed by atoms with Crippen molar-refractivity contribution in [1.82, 2.24) is 4.98 Å². The molecule has 0 saturated heterocycles. The van der Waals surface area contributed by atoms with Crippen LogP contribution in [0.5, 0.6) is 5.75 Å². The number of ether oxygens (including phenoxy) is 1. The fourth-order valence-electron chi connectivity index (χ4n) is 3.56. The highest BCUT2D eigenvalue weighted by Gasteiger charge is 2.17. The number of anilines is 2. The average molecular weight is 367 g/mol. The van der Waals surface area contributed by atoms with Crippen LogP contribution < -0.4 is 15.4 Å². The number of amides is 1. The number of hydrogen-bond acceptors (Lipinski definition) is 4. The van der Waals surface area contributed by atoms with Crippen LogP contribution in [-0.4, -0.2) is 24.5 Å². The normalized spacial score (nSPS) is 14.6. The molecule has 0 radical (unpaired) electrons. The summed E-state index contributed by atoms with van der Waals surface area (Å²) >= 11 is 0. The zero-order chi connectivity index (χ0) is 18.9. The Morgan fingerprint density at radius 3 is 2.56 bits per heavy atom. The van der Waals surface area contributed by atoms with Gasteiger partial charge in [-0.1, -0.05) is 31.4 Å². The van der Waals surface area contributed by atoms with Crippen molar-refractivity contribution in [3.63, 3.8) is 0 Å². The Morgan fingerprint density at radius 2 is 1.89 bits per heavy atom. The lowest BCUT2D eigenvalue weighted by Gasteiger charge is -2.20. The van der Waals surface area contributed by atoms with E-state index < -0.39 is 0 Å². The molecule has 0 spiro atoms. The third kappa shape index (κ3) is 6.27. The molecular weight excluding hydrogens is 338 g/mol. The first kappa shape index (κ1) is 19.2. The van der Waals surface area contributed by atoms with Crippen LogP contribution in [0.15, 0.2) is 42.6 Å². The Labute approximate surface area is 161 Å². The molecule has 1 saturated carbocycles. The number of pyridine rings is 1. The van der Waals surface area contributed by atoms with E-state index in [4.69, 9.17) is 4.74 Å². The number of aromatic nitrogens is 1. The minimum atomic E-state index is 0.101. The van der Waals surface area contributed by atoms with Gasteiger partial charge in [0.05, 0.1) is 19.0 Å². The summed E-state index contributed by atoms with van der Waals surface area (Å²) in [6.07, 6.45) is 9.45. The number of carbonyl (C=O) groups is 1. The molecule has 0 unspecified atom stereocenters. The van der Waals surface area contributed by atoms with Crippen molar-refractivity contribution in [1.29, 1.82) is 0 Å². The monoisotopic (exact) mass is 367 g/mol. The Bertz CT molecular complexity index is 707. The molecule has 144 valence electrons. The van der Waals surface area contributed by atoms with E-state index in [1.165, 1.54) is 37.7 Å². The zero-order valence-electron chi connectivity index (χ0n) is 16.0. The van der Waals surface area contributed by atoms with E-state index in [1.807, 2.05) is 24.3 Å². The first-order chi connectivity index (χ1) is 13.2. The summed E-state index contributed by atoms with van der Waals surface area (Å²) in [5, 5.41) is 6.28. The number of benzene rings is 1. The number of nitrogens with zero attached hydrogens (tertiary/aromatic N) is 1. The van der Waals surface area contributed by atoms with Gasteiger partial charge in [-0.3, -0.25) is 4.79 Å². The summed E-state index contributed by atoms with van der Waals surface area (Å²) < 4.78 is 5.17. The van der Waals surface area contributed by atoms with Gasteiger partial charge in [-0.15, -0.1) is 0 Å². The highest BCUT2D eigenvalue weighted by Crippen LogP contribution is 2.26. The number of rotatable bonds is 8. The van der Waals surface area contributed by atoms with Crippen LogP contribution in [0.1, 0.15) is 44.1 Å². The van der Waals surface area contributed by atoms with Gasteiger partial charge in [0.25, 0.3) is 0 Å². The maximum Gasteiger partial charge on any atom is 0.224 e. The van der Waals surface area contributed by atoms with Gasteiger partial charge in [0.2, 0.25) is 5.91 Å². The van der Waals surface area contributed by atoms with Crippen molar-refractivity contribution in [3.05, 3.63) is 48.2 Å². The summed E-state index contributed by atoms with van der Waals surface area (Å²) in [5.41, 5.74) is 2.01. The van der Waals surface area contributed by atoms with Crippen LogP contribution in [0.2, 0.25) is 0 Å². The van der Waals surface area contributed by atoms with Crippen LogP contribution in [0.25, 0.3) is 0 Å². The highest BCUT2D eigenvalue weighted by molar-refractivity contribution is 5.90. The van der Waals surface area contributed by atoms with E-state index >= 15 is 0 Å². The molecular formula is C22H29N3O2. The third-order valence-corrected chi connectivity index (χ3v) is 5.12. The molecule has 1 aromatic carbocycles. The Balaban J connectivity index is 1.40. The zero-order valence-corrected chi connectivity index (χ0v) is 16.0. The van der Waals surface area contributed by atoms with Crippen molar-refractivity contribution in [2.45, 2.75) is 44.9 Å². The minimum absolute atomic E-state index is 0.101. The third-order valence-electron chi connectivity index (χ3n) is 5.12. The van der Waals surface area contributed by atoms with Gasteiger partial charge in [-0.25, -0.2) is 4.98 Å². The number of hydrogen-bond donors (Lipinski definition) is 2. The number of carbonyl (C=O) groups excluding carboxylic acids is 1. The fraction of sp³-hybridized carbons (Fsp3) is 0.455. The molecule has 1 amide bonds. The van der Waals surface area contributed by atoms with Gasteiger partial charge < -0.3 is 15.4 Å². The number of nitrogens with one attached hydrogen (secondary N) is 2. The van der Waals surface area contributed by atoms with Crippen molar-refractivity contribution in [2.75, 3.05) is 24.3 Å². The van der Waals surface area contributed by atoms with Crippen LogP contribution in [0.3, 0.4) is 0 Å². The van der Waals surface area contributed by atoms with Crippen molar-refractivity contribution in [2.24, 2.45) is 5.92 Å². The molecule has 5 heteroatoms. The minimum Gasteiger partial charge on any atom is -0.497 e. The predicted octanol–water partition coefficient (Wildman–Crippen LogP) is 4.65. The van der Waals surface area contributed by atoms with Crippen molar-refractivity contribution < 1.29 is 9.53 Å². The lowest BCUT2D eigenvalue weighted by atomic mass is 9.87.